The van der Waals surface area contributed by atoms with Gasteiger partial charge in [0.25, 0.3) is 5.69 Å². The van der Waals surface area contributed by atoms with Crippen LogP contribution in [0.2, 0.25) is 5.02 Å². The Hall–Kier alpha value is -2.34. The largest absolute Gasteiger partial charge is 0.504 e. The Morgan fingerprint density at radius 1 is 1.39 bits per heavy atom. The molecule has 2 aromatic rings. The van der Waals surface area contributed by atoms with Gasteiger partial charge in [-0.2, -0.15) is 0 Å². The Morgan fingerprint density at radius 2 is 2.11 bits per heavy atom. The number of rotatable bonds is 3. The van der Waals surface area contributed by atoms with E-state index in [1.165, 1.54) is 12.1 Å². The molecule has 7 heteroatoms. The summed E-state index contributed by atoms with van der Waals surface area (Å²) in [6, 6.07) is 7.38. The standard InChI is InChI=1S/C11H7ClN2O4/c12-8-5-7(14(16)17)6-13-11(8)18-10-4-2-1-3-9(10)15/h1-6,15H. The van der Waals surface area contributed by atoms with Gasteiger partial charge in [0.05, 0.1) is 4.92 Å². The fourth-order valence-corrected chi connectivity index (χ4v) is 1.44. The fraction of sp³-hybridized carbons (Fsp3) is 0. The molecule has 0 aliphatic carbocycles. The zero-order chi connectivity index (χ0) is 13.1. The molecule has 1 N–H and O–H groups in total. The maximum atomic E-state index is 10.5. The Morgan fingerprint density at radius 3 is 2.72 bits per heavy atom. The van der Waals surface area contributed by atoms with Gasteiger partial charge in [0.2, 0.25) is 5.88 Å². The summed E-state index contributed by atoms with van der Waals surface area (Å²) in [5.74, 6) is 0.0817. The van der Waals surface area contributed by atoms with E-state index in [4.69, 9.17) is 16.3 Å². The number of para-hydroxylation sites is 2. The number of phenols is 1. The molecule has 1 aromatic heterocycles. The molecule has 0 saturated carbocycles. The third-order valence-electron chi connectivity index (χ3n) is 2.08. The van der Waals surface area contributed by atoms with Crippen LogP contribution < -0.4 is 4.74 Å². The van der Waals surface area contributed by atoms with Crippen LogP contribution in [-0.4, -0.2) is 15.0 Å². The highest BCUT2D eigenvalue weighted by molar-refractivity contribution is 6.32. The zero-order valence-corrected chi connectivity index (χ0v) is 9.66. The van der Waals surface area contributed by atoms with Crippen molar-refractivity contribution in [2.75, 3.05) is 0 Å². The summed E-state index contributed by atoms with van der Waals surface area (Å²) in [6.07, 6.45) is 1.03. The smallest absolute Gasteiger partial charge is 0.289 e. The van der Waals surface area contributed by atoms with Crippen molar-refractivity contribution >= 4 is 17.3 Å². The summed E-state index contributed by atoms with van der Waals surface area (Å²) in [7, 11) is 0. The van der Waals surface area contributed by atoms with Crippen molar-refractivity contribution in [3.63, 3.8) is 0 Å². The number of halogens is 1. The third-order valence-corrected chi connectivity index (χ3v) is 2.35. The number of aromatic nitrogens is 1. The first-order chi connectivity index (χ1) is 8.58. The van der Waals surface area contributed by atoms with Crippen LogP contribution in [0.4, 0.5) is 5.69 Å². The lowest BCUT2D eigenvalue weighted by atomic mass is 10.3. The number of nitro groups is 1. The molecule has 0 aliphatic heterocycles. The first-order valence-corrected chi connectivity index (χ1v) is 5.21. The first-order valence-electron chi connectivity index (χ1n) is 4.83. The van der Waals surface area contributed by atoms with E-state index in [-0.39, 0.29) is 28.1 Å². The Bertz CT molecular complexity index is 603. The van der Waals surface area contributed by atoms with Crippen molar-refractivity contribution in [3.8, 4) is 17.4 Å². The average Bonchev–Trinajstić information content (AvgIpc) is 2.34. The van der Waals surface area contributed by atoms with Gasteiger partial charge in [-0.15, -0.1) is 0 Å². The predicted octanol–water partition coefficient (Wildman–Crippen LogP) is 3.14. The van der Waals surface area contributed by atoms with E-state index in [1.807, 2.05) is 0 Å². The second kappa shape index (κ2) is 4.89. The number of aromatic hydroxyl groups is 1. The van der Waals surface area contributed by atoms with Crippen LogP contribution >= 0.6 is 11.6 Å². The molecular formula is C11H7ClN2O4. The molecule has 1 aromatic carbocycles. The second-order valence-corrected chi connectivity index (χ2v) is 3.71. The molecule has 0 atom stereocenters. The highest BCUT2D eigenvalue weighted by Gasteiger charge is 2.13. The lowest BCUT2D eigenvalue weighted by Crippen LogP contribution is -1.93. The van der Waals surface area contributed by atoms with E-state index >= 15 is 0 Å². The molecule has 1 heterocycles. The molecule has 0 saturated heterocycles. The van der Waals surface area contributed by atoms with Gasteiger partial charge < -0.3 is 9.84 Å². The van der Waals surface area contributed by atoms with Crippen LogP contribution in [0.25, 0.3) is 0 Å². The molecule has 0 unspecified atom stereocenters. The summed E-state index contributed by atoms with van der Waals surface area (Å²) in [6.45, 7) is 0. The van der Waals surface area contributed by atoms with Crippen molar-refractivity contribution in [1.82, 2.24) is 4.98 Å². The number of nitrogens with zero attached hydrogens (tertiary/aromatic N) is 2. The van der Waals surface area contributed by atoms with Crippen LogP contribution in [0.3, 0.4) is 0 Å². The van der Waals surface area contributed by atoms with E-state index in [0.717, 1.165) is 12.3 Å². The number of hydrogen-bond donors (Lipinski definition) is 1. The minimum atomic E-state index is -0.608. The summed E-state index contributed by atoms with van der Waals surface area (Å²) in [5.41, 5.74) is -0.232. The van der Waals surface area contributed by atoms with Gasteiger partial charge in [0.1, 0.15) is 11.2 Å². The van der Waals surface area contributed by atoms with Gasteiger partial charge >= 0.3 is 0 Å². The van der Waals surface area contributed by atoms with Gasteiger partial charge in [-0.3, -0.25) is 10.1 Å². The monoisotopic (exact) mass is 266 g/mol. The highest BCUT2D eigenvalue weighted by Crippen LogP contribution is 2.33. The molecule has 6 nitrogen and oxygen atoms in total. The summed E-state index contributed by atoms with van der Waals surface area (Å²) < 4.78 is 5.26. The third kappa shape index (κ3) is 2.49. The predicted molar refractivity (Wildman–Crippen MR) is 64.1 cm³/mol. The first kappa shape index (κ1) is 12.1. The van der Waals surface area contributed by atoms with Crippen LogP contribution in [-0.2, 0) is 0 Å². The molecule has 0 radical (unpaired) electrons. The minimum absolute atomic E-state index is 0.00699. The molecule has 2 rings (SSSR count). The van der Waals surface area contributed by atoms with Gasteiger partial charge in [0.15, 0.2) is 11.5 Å². The van der Waals surface area contributed by atoms with Gasteiger partial charge in [-0.1, -0.05) is 23.7 Å². The Labute approximate surface area is 107 Å². The number of pyridine rings is 1. The van der Waals surface area contributed by atoms with Crippen molar-refractivity contribution in [2.45, 2.75) is 0 Å². The van der Waals surface area contributed by atoms with E-state index in [1.54, 1.807) is 12.1 Å². The minimum Gasteiger partial charge on any atom is -0.504 e. The summed E-state index contributed by atoms with van der Waals surface area (Å²) in [5, 5.41) is 20.0. The number of ether oxygens (including phenoxy) is 1. The molecule has 18 heavy (non-hydrogen) atoms. The normalized spacial score (nSPS) is 10.1. The van der Waals surface area contributed by atoms with Gasteiger partial charge in [-0.05, 0) is 12.1 Å². The quantitative estimate of drug-likeness (QED) is 0.681. The maximum Gasteiger partial charge on any atom is 0.289 e. The fourth-order valence-electron chi connectivity index (χ4n) is 1.24. The van der Waals surface area contributed by atoms with Crippen LogP contribution in [0, 0.1) is 10.1 Å². The summed E-state index contributed by atoms with van der Waals surface area (Å²) >= 11 is 5.80. The topological polar surface area (TPSA) is 85.5 Å². The molecule has 0 spiro atoms. The molecular weight excluding hydrogens is 260 g/mol. The second-order valence-electron chi connectivity index (χ2n) is 3.31. The number of hydrogen-bond acceptors (Lipinski definition) is 5. The molecule has 0 fully saturated rings. The maximum absolute atomic E-state index is 10.5. The van der Waals surface area contributed by atoms with Gasteiger partial charge in [-0.25, -0.2) is 4.98 Å². The van der Waals surface area contributed by atoms with E-state index < -0.39 is 4.92 Å². The number of phenolic OH excluding ortho intramolecular Hbond substituents is 1. The lowest BCUT2D eigenvalue weighted by Gasteiger charge is -2.07. The highest BCUT2D eigenvalue weighted by atomic mass is 35.5. The van der Waals surface area contributed by atoms with Crippen molar-refractivity contribution in [2.24, 2.45) is 0 Å². The molecule has 0 bridgehead atoms. The zero-order valence-electron chi connectivity index (χ0n) is 8.91. The van der Waals surface area contributed by atoms with Crippen LogP contribution in [0.1, 0.15) is 0 Å². The summed E-state index contributed by atoms with van der Waals surface area (Å²) in [4.78, 5) is 13.6. The van der Waals surface area contributed by atoms with Crippen molar-refractivity contribution in [3.05, 3.63) is 51.7 Å². The Balaban J connectivity index is 2.30. The van der Waals surface area contributed by atoms with E-state index in [0.29, 0.717) is 0 Å². The van der Waals surface area contributed by atoms with Crippen LogP contribution in [0.5, 0.6) is 17.4 Å². The average molecular weight is 267 g/mol. The Kier molecular flexibility index (Phi) is 3.29. The van der Waals surface area contributed by atoms with E-state index in [9.17, 15) is 15.2 Å². The SMILES string of the molecule is O=[N+]([O-])c1cnc(Oc2ccccc2O)c(Cl)c1. The lowest BCUT2D eigenvalue weighted by molar-refractivity contribution is -0.385. The number of benzene rings is 1. The molecule has 92 valence electrons. The van der Waals surface area contributed by atoms with Gasteiger partial charge in [0, 0.05) is 6.07 Å². The van der Waals surface area contributed by atoms with Crippen LogP contribution in [0.15, 0.2) is 36.5 Å². The molecule has 0 amide bonds. The molecule has 0 aliphatic rings. The van der Waals surface area contributed by atoms with Crippen molar-refractivity contribution in [1.29, 1.82) is 0 Å². The van der Waals surface area contributed by atoms with Crippen molar-refractivity contribution < 1.29 is 14.8 Å². The van der Waals surface area contributed by atoms with E-state index in [2.05, 4.69) is 4.98 Å².